The number of anilines is 1. The van der Waals surface area contributed by atoms with Crippen LogP contribution in [0.4, 0.5) is 5.82 Å². The van der Waals surface area contributed by atoms with Crippen molar-refractivity contribution in [3.8, 4) is 5.75 Å². The van der Waals surface area contributed by atoms with Crippen molar-refractivity contribution in [2.45, 2.75) is 37.8 Å². The Balaban J connectivity index is 1.86. The molecule has 4 heteroatoms. The number of methoxy groups -OCH3 is 1. The van der Waals surface area contributed by atoms with Crippen LogP contribution in [0.25, 0.3) is 10.8 Å². The number of nitrogens with zero attached hydrogens (tertiary/aromatic N) is 1. The number of aliphatic hydroxyl groups is 1. The topological polar surface area (TPSA) is 54.4 Å². The predicted octanol–water partition coefficient (Wildman–Crippen LogP) is 2.96. The second kappa shape index (κ2) is 5.67. The van der Waals surface area contributed by atoms with Crippen molar-refractivity contribution in [2.24, 2.45) is 0 Å². The summed E-state index contributed by atoms with van der Waals surface area (Å²) >= 11 is 0. The predicted molar refractivity (Wildman–Crippen MR) is 80.2 cm³/mol. The fraction of sp³-hybridized carbons (Fsp3) is 0.438. The molecule has 0 amide bonds. The van der Waals surface area contributed by atoms with E-state index in [9.17, 15) is 5.11 Å². The monoisotopic (exact) mass is 272 g/mol. The van der Waals surface area contributed by atoms with Gasteiger partial charge in [-0.1, -0.05) is 6.07 Å². The van der Waals surface area contributed by atoms with E-state index in [1.807, 2.05) is 30.5 Å². The summed E-state index contributed by atoms with van der Waals surface area (Å²) in [5.74, 6) is 1.75. The van der Waals surface area contributed by atoms with Gasteiger partial charge in [0.1, 0.15) is 11.6 Å². The molecule has 4 nitrogen and oxygen atoms in total. The molecule has 0 unspecified atom stereocenters. The van der Waals surface area contributed by atoms with Crippen LogP contribution in [-0.2, 0) is 0 Å². The van der Waals surface area contributed by atoms with Crippen LogP contribution in [0.3, 0.4) is 0 Å². The highest BCUT2D eigenvalue weighted by Crippen LogP contribution is 2.28. The number of pyridine rings is 1. The van der Waals surface area contributed by atoms with E-state index in [1.54, 1.807) is 7.11 Å². The van der Waals surface area contributed by atoms with Crippen LogP contribution in [0.1, 0.15) is 25.7 Å². The molecule has 2 N–H and O–H groups in total. The molecular formula is C16H20N2O2. The smallest absolute Gasteiger partial charge is 0.134 e. The standard InChI is InChI=1S/C16H20N2O2/c1-20-14-7-2-11-8-9-17-16(15(11)10-14)18-12-3-5-13(19)6-4-12/h2,7-10,12-13,19H,3-6H2,1H3,(H,17,18). The zero-order valence-corrected chi connectivity index (χ0v) is 11.7. The minimum absolute atomic E-state index is 0.131. The molecular weight excluding hydrogens is 252 g/mol. The molecule has 106 valence electrons. The minimum Gasteiger partial charge on any atom is -0.497 e. The number of hydrogen-bond acceptors (Lipinski definition) is 4. The van der Waals surface area contributed by atoms with E-state index in [0.717, 1.165) is 48.0 Å². The van der Waals surface area contributed by atoms with Gasteiger partial charge in [0.15, 0.2) is 0 Å². The third kappa shape index (κ3) is 2.70. The molecule has 0 aliphatic heterocycles. The number of hydrogen-bond donors (Lipinski definition) is 2. The summed E-state index contributed by atoms with van der Waals surface area (Å²) in [5.41, 5.74) is 0. The quantitative estimate of drug-likeness (QED) is 0.902. The summed E-state index contributed by atoms with van der Waals surface area (Å²) in [6, 6.07) is 8.42. The van der Waals surface area contributed by atoms with E-state index in [-0.39, 0.29) is 6.10 Å². The third-order valence-corrected chi connectivity index (χ3v) is 4.01. The second-order valence-corrected chi connectivity index (χ2v) is 5.40. The Bertz CT molecular complexity index is 592. The molecule has 1 heterocycles. The van der Waals surface area contributed by atoms with E-state index in [2.05, 4.69) is 10.3 Å². The van der Waals surface area contributed by atoms with Gasteiger partial charge < -0.3 is 15.2 Å². The number of nitrogens with one attached hydrogen (secondary N) is 1. The average molecular weight is 272 g/mol. The van der Waals surface area contributed by atoms with Crippen molar-refractivity contribution in [1.29, 1.82) is 0 Å². The first-order valence-corrected chi connectivity index (χ1v) is 7.13. The molecule has 0 spiro atoms. The Hall–Kier alpha value is -1.81. The maximum absolute atomic E-state index is 9.57. The van der Waals surface area contributed by atoms with Crippen LogP contribution in [0.15, 0.2) is 30.5 Å². The highest BCUT2D eigenvalue weighted by molar-refractivity contribution is 5.92. The van der Waals surface area contributed by atoms with Gasteiger partial charge in [-0.25, -0.2) is 4.98 Å². The van der Waals surface area contributed by atoms with Crippen LogP contribution < -0.4 is 10.1 Å². The van der Waals surface area contributed by atoms with E-state index < -0.39 is 0 Å². The van der Waals surface area contributed by atoms with Crippen molar-refractivity contribution in [3.63, 3.8) is 0 Å². The van der Waals surface area contributed by atoms with Crippen LogP contribution in [-0.4, -0.2) is 29.3 Å². The highest BCUT2D eigenvalue weighted by Gasteiger charge is 2.20. The summed E-state index contributed by atoms with van der Waals surface area (Å²) in [6.07, 6.45) is 5.41. The van der Waals surface area contributed by atoms with Crippen molar-refractivity contribution in [3.05, 3.63) is 30.5 Å². The Kier molecular flexibility index (Phi) is 3.74. The van der Waals surface area contributed by atoms with Gasteiger partial charge >= 0.3 is 0 Å². The van der Waals surface area contributed by atoms with E-state index in [4.69, 9.17) is 4.74 Å². The summed E-state index contributed by atoms with van der Waals surface area (Å²) in [5, 5.41) is 15.3. The first kappa shape index (κ1) is 13.2. The highest BCUT2D eigenvalue weighted by atomic mass is 16.5. The summed E-state index contributed by atoms with van der Waals surface area (Å²) in [4.78, 5) is 4.47. The van der Waals surface area contributed by atoms with Crippen LogP contribution in [0.5, 0.6) is 5.75 Å². The lowest BCUT2D eigenvalue weighted by Crippen LogP contribution is -2.28. The van der Waals surface area contributed by atoms with E-state index in [1.165, 1.54) is 0 Å². The van der Waals surface area contributed by atoms with Gasteiger partial charge in [0.2, 0.25) is 0 Å². The Morgan fingerprint density at radius 3 is 2.75 bits per heavy atom. The molecule has 0 saturated heterocycles. The van der Waals surface area contributed by atoms with Gasteiger partial charge in [0.25, 0.3) is 0 Å². The SMILES string of the molecule is COc1ccc2ccnc(NC3CCC(O)CC3)c2c1. The van der Waals surface area contributed by atoms with Crippen molar-refractivity contribution in [1.82, 2.24) is 4.98 Å². The fourth-order valence-electron chi connectivity index (χ4n) is 2.80. The lowest BCUT2D eigenvalue weighted by Gasteiger charge is -2.27. The average Bonchev–Trinajstić information content (AvgIpc) is 2.49. The summed E-state index contributed by atoms with van der Waals surface area (Å²) < 4.78 is 5.29. The summed E-state index contributed by atoms with van der Waals surface area (Å²) in [6.45, 7) is 0. The lowest BCUT2D eigenvalue weighted by atomic mass is 9.93. The Morgan fingerprint density at radius 1 is 1.20 bits per heavy atom. The van der Waals surface area contributed by atoms with E-state index in [0.29, 0.717) is 6.04 Å². The molecule has 20 heavy (non-hydrogen) atoms. The van der Waals surface area contributed by atoms with Gasteiger partial charge in [0.05, 0.1) is 13.2 Å². The number of rotatable bonds is 3. The molecule has 1 aromatic carbocycles. The minimum atomic E-state index is -0.131. The Morgan fingerprint density at radius 2 is 2.00 bits per heavy atom. The normalized spacial score (nSPS) is 22.7. The fourth-order valence-corrected chi connectivity index (χ4v) is 2.80. The van der Waals surface area contributed by atoms with Crippen molar-refractivity contribution >= 4 is 16.6 Å². The molecule has 2 aromatic rings. The maximum Gasteiger partial charge on any atom is 0.134 e. The van der Waals surface area contributed by atoms with Crippen molar-refractivity contribution < 1.29 is 9.84 Å². The molecule has 0 atom stereocenters. The van der Waals surface area contributed by atoms with Gasteiger partial charge in [0, 0.05) is 17.6 Å². The Labute approximate surface area is 118 Å². The maximum atomic E-state index is 9.57. The number of ether oxygens (including phenoxy) is 1. The second-order valence-electron chi connectivity index (χ2n) is 5.40. The third-order valence-electron chi connectivity index (χ3n) is 4.01. The molecule has 0 bridgehead atoms. The van der Waals surface area contributed by atoms with Gasteiger partial charge in [-0.3, -0.25) is 0 Å². The molecule has 3 rings (SSSR count). The first-order valence-electron chi connectivity index (χ1n) is 7.13. The van der Waals surface area contributed by atoms with Crippen LogP contribution in [0.2, 0.25) is 0 Å². The molecule has 0 radical (unpaired) electrons. The van der Waals surface area contributed by atoms with Gasteiger partial charge in [-0.2, -0.15) is 0 Å². The first-order chi connectivity index (χ1) is 9.76. The number of aromatic nitrogens is 1. The zero-order valence-electron chi connectivity index (χ0n) is 11.7. The molecule has 1 fully saturated rings. The number of aliphatic hydroxyl groups excluding tert-OH is 1. The van der Waals surface area contributed by atoms with E-state index >= 15 is 0 Å². The van der Waals surface area contributed by atoms with Crippen LogP contribution >= 0.6 is 0 Å². The van der Waals surface area contributed by atoms with Crippen molar-refractivity contribution in [2.75, 3.05) is 12.4 Å². The number of fused-ring (bicyclic) bond motifs is 1. The molecule has 1 aliphatic rings. The largest absolute Gasteiger partial charge is 0.497 e. The van der Waals surface area contributed by atoms with Gasteiger partial charge in [-0.05, 0) is 49.3 Å². The molecule has 1 aromatic heterocycles. The van der Waals surface area contributed by atoms with Gasteiger partial charge in [-0.15, -0.1) is 0 Å². The number of benzene rings is 1. The zero-order chi connectivity index (χ0) is 13.9. The summed E-state index contributed by atoms with van der Waals surface area (Å²) in [7, 11) is 1.67. The molecule has 1 aliphatic carbocycles. The van der Waals surface area contributed by atoms with Crippen LogP contribution in [0, 0.1) is 0 Å². The molecule has 1 saturated carbocycles. The lowest BCUT2D eigenvalue weighted by molar-refractivity contribution is 0.126.